The second-order valence-corrected chi connectivity index (χ2v) is 6.11. The number of nitrogens with zero attached hydrogens (tertiary/aromatic N) is 1. The average molecular weight is 341 g/mol. The molecule has 0 fully saturated rings. The molecule has 0 unspecified atom stereocenters. The fourth-order valence-electron chi connectivity index (χ4n) is 2.57. The number of aliphatic hydroxyl groups is 1. The number of urea groups is 1. The molecule has 2 aromatic carbocycles. The van der Waals surface area contributed by atoms with Crippen molar-refractivity contribution >= 4 is 6.03 Å². The second kappa shape index (κ2) is 9.81. The lowest BCUT2D eigenvalue weighted by Gasteiger charge is -2.15. The van der Waals surface area contributed by atoms with Crippen LogP contribution < -0.4 is 10.6 Å². The van der Waals surface area contributed by atoms with Crippen molar-refractivity contribution < 1.29 is 9.90 Å². The molecular weight excluding hydrogens is 314 g/mol. The molecule has 0 saturated carbocycles. The van der Waals surface area contributed by atoms with Gasteiger partial charge in [0.15, 0.2) is 0 Å². The molecule has 134 valence electrons. The Hall–Kier alpha value is -2.37. The van der Waals surface area contributed by atoms with Gasteiger partial charge in [-0.25, -0.2) is 4.79 Å². The third kappa shape index (κ3) is 6.21. The lowest BCUT2D eigenvalue weighted by Crippen LogP contribution is -2.34. The number of hydrogen-bond acceptors (Lipinski definition) is 3. The molecule has 5 nitrogen and oxygen atoms in total. The van der Waals surface area contributed by atoms with Gasteiger partial charge in [0, 0.05) is 19.6 Å². The van der Waals surface area contributed by atoms with Gasteiger partial charge in [0.1, 0.15) is 0 Å². The van der Waals surface area contributed by atoms with Gasteiger partial charge in [-0.05, 0) is 35.8 Å². The van der Waals surface area contributed by atoms with Gasteiger partial charge in [0.2, 0.25) is 0 Å². The minimum absolute atomic E-state index is 0.0293. The van der Waals surface area contributed by atoms with Crippen LogP contribution in [0.15, 0.2) is 48.5 Å². The average Bonchev–Trinajstić information content (AvgIpc) is 2.65. The molecule has 0 aliphatic carbocycles. The van der Waals surface area contributed by atoms with E-state index in [2.05, 4.69) is 41.6 Å². The molecule has 0 saturated heterocycles. The maximum absolute atomic E-state index is 12.0. The summed E-state index contributed by atoms with van der Waals surface area (Å²) in [7, 11) is 2.09. The SMILES string of the molecule is CCN(C)Cc1cccc(CNC(=O)NCc2ccccc2CO)c1. The fourth-order valence-corrected chi connectivity index (χ4v) is 2.57. The first-order valence-electron chi connectivity index (χ1n) is 8.58. The molecular formula is C20H27N3O2. The maximum atomic E-state index is 12.0. The van der Waals surface area contributed by atoms with E-state index >= 15 is 0 Å². The van der Waals surface area contributed by atoms with E-state index in [0.29, 0.717) is 13.1 Å². The molecule has 0 bridgehead atoms. The monoisotopic (exact) mass is 341 g/mol. The molecule has 0 spiro atoms. The van der Waals surface area contributed by atoms with Crippen molar-refractivity contribution in [1.82, 2.24) is 15.5 Å². The number of carbonyl (C=O) groups is 1. The lowest BCUT2D eigenvalue weighted by atomic mass is 10.1. The smallest absolute Gasteiger partial charge is 0.315 e. The van der Waals surface area contributed by atoms with E-state index in [1.807, 2.05) is 36.4 Å². The Bertz CT molecular complexity index is 688. The van der Waals surface area contributed by atoms with Gasteiger partial charge < -0.3 is 20.6 Å². The highest BCUT2D eigenvalue weighted by molar-refractivity contribution is 5.73. The van der Waals surface area contributed by atoms with Crippen molar-refractivity contribution in [2.75, 3.05) is 13.6 Å². The summed E-state index contributed by atoms with van der Waals surface area (Å²) >= 11 is 0. The Morgan fingerprint density at radius 3 is 2.40 bits per heavy atom. The van der Waals surface area contributed by atoms with Crippen LogP contribution in [-0.4, -0.2) is 29.6 Å². The summed E-state index contributed by atoms with van der Waals surface area (Å²) in [6.45, 7) is 4.87. The van der Waals surface area contributed by atoms with Gasteiger partial charge in [-0.2, -0.15) is 0 Å². The molecule has 0 aliphatic heterocycles. The van der Waals surface area contributed by atoms with Gasteiger partial charge in [0.25, 0.3) is 0 Å². The van der Waals surface area contributed by atoms with Crippen LogP contribution in [0.3, 0.4) is 0 Å². The number of aliphatic hydroxyl groups excluding tert-OH is 1. The molecule has 0 atom stereocenters. The van der Waals surface area contributed by atoms with Crippen LogP contribution in [0.1, 0.15) is 29.2 Å². The van der Waals surface area contributed by atoms with E-state index in [0.717, 1.165) is 29.8 Å². The van der Waals surface area contributed by atoms with Crippen molar-refractivity contribution in [3.05, 3.63) is 70.8 Å². The molecule has 0 heterocycles. The van der Waals surface area contributed by atoms with Crippen molar-refractivity contribution in [1.29, 1.82) is 0 Å². The summed E-state index contributed by atoms with van der Waals surface area (Å²) < 4.78 is 0. The predicted octanol–water partition coefficient (Wildman–Crippen LogP) is 2.63. The molecule has 0 aromatic heterocycles. The summed E-state index contributed by atoms with van der Waals surface area (Å²) in [5.41, 5.74) is 4.06. The number of benzene rings is 2. The first-order chi connectivity index (χ1) is 12.1. The molecule has 25 heavy (non-hydrogen) atoms. The van der Waals surface area contributed by atoms with Crippen LogP contribution in [0.25, 0.3) is 0 Å². The lowest BCUT2D eigenvalue weighted by molar-refractivity contribution is 0.239. The number of carbonyl (C=O) groups excluding carboxylic acids is 1. The topological polar surface area (TPSA) is 64.6 Å². The highest BCUT2D eigenvalue weighted by Crippen LogP contribution is 2.09. The van der Waals surface area contributed by atoms with Crippen molar-refractivity contribution in [3.63, 3.8) is 0 Å². The van der Waals surface area contributed by atoms with Crippen molar-refractivity contribution in [2.24, 2.45) is 0 Å². The Labute approximate surface area is 149 Å². The van der Waals surface area contributed by atoms with Crippen LogP contribution in [-0.2, 0) is 26.2 Å². The van der Waals surface area contributed by atoms with E-state index < -0.39 is 0 Å². The molecule has 0 radical (unpaired) electrons. The summed E-state index contributed by atoms with van der Waals surface area (Å²) in [5, 5.41) is 15.0. The second-order valence-electron chi connectivity index (χ2n) is 6.11. The van der Waals surface area contributed by atoms with Crippen molar-refractivity contribution in [3.8, 4) is 0 Å². The molecule has 2 aromatic rings. The van der Waals surface area contributed by atoms with Crippen LogP contribution in [0.5, 0.6) is 0 Å². The number of amides is 2. The Balaban J connectivity index is 1.82. The minimum atomic E-state index is -0.219. The Morgan fingerprint density at radius 2 is 1.68 bits per heavy atom. The Kier molecular flexibility index (Phi) is 7.44. The predicted molar refractivity (Wildman–Crippen MR) is 99.9 cm³/mol. The van der Waals surface area contributed by atoms with Gasteiger partial charge >= 0.3 is 6.03 Å². The first-order valence-corrected chi connectivity index (χ1v) is 8.58. The summed E-state index contributed by atoms with van der Waals surface area (Å²) in [4.78, 5) is 14.2. The summed E-state index contributed by atoms with van der Waals surface area (Å²) in [6, 6.07) is 15.6. The minimum Gasteiger partial charge on any atom is -0.392 e. The number of nitrogens with one attached hydrogen (secondary N) is 2. The summed E-state index contributed by atoms with van der Waals surface area (Å²) in [6.07, 6.45) is 0. The highest BCUT2D eigenvalue weighted by atomic mass is 16.3. The number of rotatable bonds is 8. The third-order valence-corrected chi connectivity index (χ3v) is 4.16. The van der Waals surface area contributed by atoms with Crippen LogP contribution in [0.4, 0.5) is 4.79 Å². The third-order valence-electron chi connectivity index (χ3n) is 4.16. The van der Waals surface area contributed by atoms with Gasteiger partial charge in [-0.1, -0.05) is 55.5 Å². The van der Waals surface area contributed by atoms with Crippen LogP contribution in [0, 0.1) is 0 Å². The maximum Gasteiger partial charge on any atom is 0.315 e. The Morgan fingerprint density at radius 1 is 1.00 bits per heavy atom. The molecule has 2 rings (SSSR count). The van der Waals surface area contributed by atoms with E-state index in [9.17, 15) is 9.90 Å². The number of hydrogen-bond donors (Lipinski definition) is 3. The zero-order valence-electron chi connectivity index (χ0n) is 15.0. The molecule has 5 heteroatoms. The molecule has 2 amide bonds. The van der Waals surface area contributed by atoms with Crippen LogP contribution in [0.2, 0.25) is 0 Å². The standard InChI is InChI=1S/C20H27N3O2/c1-3-23(2)14-17-8-6-7-16(11-17)12-21-20(25)22-13-18-9-4-5-10-19(18)15-24/h4-11,24H,3,12-15H2,1-2H3,(H2,21,22,25). The van der Waals surface area contributed by atoms with E-state index in [1.54, 1.807) is 0 Å². The van der Waals surface area contributed by atoms with E-state index in [1.165, 1.54) is 5.56 Å². The zero-order chi connectivity index (χ0) is 18.1. The highest BCUT2D eigenvalue weighted by Gasteiger charge is 2.05. The van der Waals surface area contributed by atoms with Crippen LogP contribution >= 0.6 is 0 Å². The summed E-state index contributed by atoms with van der Waals surface area (Å²) in [5.74, 6) is 0. The van der Waals surface area contributed by atoms with E-state index in [-0.39, 0.29) is 12.6 Å². The van der Waals surface area contributed by atoms with Gasteiger partial charge in [-0.15, -0.1) is 0 Å². The van der Waals surface area contributed by atoms with E-state index in [4.69, 9.17) is 0 Å². The van der Waals surface area contributed by atoms with Crippen molar-refractivity contribution in [2.45, 2.75) is 33.2 Å². The zero-order valence-corrected chi connectivity index (χ0v) is 15.0. The normalized spacial score (nSPS) is 10.7. The first kappa shape index (κ1) is 19.0. The molecule has 3 N–H and O–H groups in total. The quantitative estimate of drug-likeness (QED) is 0.692. The van der Waals surface area contributed by atoms with Gasteiger partial charge in [-0.3, -0.25) is 0 Å². The largest absolute Gasteiger partial charge is 0.392 e. The fraction of sp³-hybridized carbons (Fsp3) is 0.350. The van der Waals surface area contributed by atoms with Gasteiger partial charge in [0.05, 0.1) is 6.61 Å². The molecule has 0 aliphatic rings.